The maximum absolute atomic E-state index is 13.1. The van der Waals surface area contributed by atoms with Crippen LogP contribution in [0, 0.1) is 11.6 Å². The maximum Gasteiger partial charge on any atom is 0.160 e. The largest absolute Gasteiger partial charge is 0.399 e. The fraction of sp³-hybridized carbons (Fsp3) is 0. The third-order valence-electron chi connectivity index (χ3n) is 2.21. The lowest BCUT2D eigenvalue weighted by Gasteiger charge is -2.06. The summed E-state index contributed by atoms with van der Waals surface area (Å²) in [6.07, 6.45) is 0. The summed E-state index contributed by atoms with van der Waals surface area (Å²) in [4.78, 5) is 0. The van der Waals surface area contributed by atoms with Crippen LogP contribution in [0.5, 0.6) is 0 Å². The van der Waals surface area contributed by atoms with Gasteiger partial charge in [-0.05, 0) is 29.8 Å². The van der Waals surface area contributed by atoms with Gasteiger partial charge >= 0.3 is 0 Å². The summed E-state index contributed by atoms with van der Waals surface area (Å²) < 4.78 is 26.0. The highest BCUT2D eigenvalue weighted by atomic mass is 35.5. The van der Waals surface area contributed by atoms with E-state index in [1.54, 1.807) is 24.3 Å². The molecule has 0 aliphatic carbocycles. The summed E-state index contributed by atoms with van der Waals surface area (Å²) in [5.74, 6) is -1.89. The van der Waals surface area contributed by atoms with E-state index >= 15 is 0 Å². The second kappa shape index (κ2) is 4.10. The van der Waals surface area contributed by atoms with E-state index in [0.717, 1.165) is 12.1 Å². The highest BCUT2D eigenvalue weighted by Gasteiger charge is 2.10. The van der Waals surface area contributed by atoms with Gasteiger partial charge in [-0.3, -0.25) is 0 Å². The van der Waals surface area contributed by atoms with Crippen LogP contribution < -0.4 is 5.73 Å². The van der Waals surface area contributed by atoms with Crippen molar-refractivity contribution >= 4 is 17.3 Å². The summed E-state index contributed by atoms with van der Waals surface area (Å²) in [6.45, 7) is 0. The Morgan fingerprint density at radius 2 is 1.69 bits per heavy atom. The molecule has 0 unspecified atom stereocenters. The van der Waals surface area contributed by atoms with Gasteiger partial charge in [-0.25, -0.2) is 8.78 Å². The quantitative estimate of drug-likeness (QED) is 0.593. The molecule has 0 saturated carbocycles. The van der Waals surface area contributed by atoms with Gasteiger partial charge in [-0.2, -0.15) is 0 Å². The molecule has 0 saturated heterocycles. The molecule has 2 N–H and O–H groups in total. The van der Waals surface area contributed by atoms with Crippen LogP contribution >= 0.6 is 11.6 Å². The molecule has 82 valence electrons. The van der Waals surface area contributed by atoms with Crippen molar-refractivity contribution in [1.82, 2.24) is 0 Å². The number of hydrogen-bond acceptors (Lipinski definition) is 1. The Kier molecular flexibility index (Phi) is 2.79. The first-order valence-electron chi connectivity index (χ1n) is 4.58. The number of halogens is 3. The Morgan fingerprint density at radius 1 is 1.00 bits per heavy atom. The monoisotopic (exact) mass is 239 g/mol. The van der Waals surface area contributed by atoms with Gasteiger partial charge < -0.3 is 5.73 Å². The molecule has 0 fully saturated rings. The van der Waals surface area contributed by atoms with Crippen molar-refractivity contribution in [2.24, 2.45) is 0 Å². The van der Waals surface area contributed by atoms with E-state index in [1.807, 2.05) is 0 Å². The molecule has 0 radical (unpaired) electrons. The van der Waals surface area contributed by atoms with Crippen molar-refractivity contribution in [3.63, 3.8) is 0 Å². The number of nitrogen functional groups attached to an aromatic ring is 1. The van der Waals surface area contributed by atoms with E-state index in [9.17, 15) is 8.78 Å². The summed E-state index contributed by atoms with van der Waals surface area (Å²) >= 11 is 5.84. The first kappa shape index (κ1) is 10.9. The predicted octanol–water partition coefficient (Wildman–Crippen LogP) is 3.87. The van der Waals surface area contributed by atoms with Gasteiger partial charge in [0.15, 0.2) is 11.6 Å². The minimum atomic E-state index is -0.961. The van der Waals surface area contributed by atoms with Gasteiger partial charge in [-0.15, -0.1) is 0 Å². The van der Waals surface area contributed by atoms with Crippen molar-refractivity contribution < 1.29 is 8.78 Å². The SMILES string of the molecule is Nc1cccc(-c2cc(F)c(F)cc2Cl)c1. The lowest BCUT2D eigenvalue weighted by Crippen LogP contribution is -1.89. The Morgan fingerprint density at radius 3 is 2.38 bits per heavy atom. The lowest BCUT2D eigenvalue weighted by molar-refractivity contribution is 0.509. The molecule has 0 bridgehead atoms. The molecular weight excluding hydrogens is 232 g/mol. The van der Waals surface area contributed by atoms with Crippen LogP contribution in [0.4, 0.5) is 14.5 Å². The lowest BCUT2D eigenvalue weighted by atomic mass is 10.0. The summed E-state index contributed by atoms with van der Waals surface area (Å²) in [5.41, 5.74) is 7.22. The molecule has 4 heteroatoms. The fourth-order valence-corrected chi connectivity index (χ4v) is 1.71. The van der Waals surface area contributed by atoms with Gasteiger partial charge in [0.2, 0.25) is 0 Å². The first-order valence-corrected chi connectivity index (χ1v) is 4.96. The van der Waals surface area contributed by atoms with Crippen LogP contribution in [-0.4, -0.2) is 0 Å². The smallest absolute Gasteiger partial charge is 0.160 e. The predicted molar refractivity (Wildman–Crippen MR) is 61.2 cm³/mol. The highest BCUT2D eigenvalue weighted by molar-refractivity contribution is 6.33. The molecule has 0 atom stereocenters. The number of anilines is 1. The van der Waals surface area contributed by atoms with Crippen LogP contribution in [0.2, 0.25) is 5.02 Å². The molecule has 0 amide bonds. The Labute approximate surface area is 96.5 Å². The van der Waals surface area contributed by atoms with Crippen molar-refractivity contribution in [1.29, 1.82) is 0 Å². The van der Waals surface area contributed by atoms with Crippen molar-refractivity contribution in [3.8, 4) is 11.1 Å². The third-order valence-corrected chi connectivity index (χ3v) is 2.52. The highest BCUT2D eigenvalue weighted by Crippen LogP contribution is 2.30. The number of benzene rings is 2. The van der Waals surface area contributed by atoms with Crippen LogP contribution in [0.15, 0.2) is 36.4 Å². The maximum atomic E-state index is 13.1. The zero-order valence-corrected chi connectivity index (χ0v) is 8.93. The van der Waals surface area contributed by atoms with Crippen molar-refractivity contribution in [3.05, 3.63) is 53.1 Å². The van der Waals surface area contributed by atoms with E-state index < -0.39 is 11.6 Å². The van der Waals surface area contributed by atoms with Crippen LogP contribution in [0.3, 0.4) is 0 Å². The van der Waals surface area contributed by atoms with Crippen molar-refractivity contribution in [2.75, 3.05) is 5.73 Å². The molecule has 16 heavy (non-hydrogen) atoms. The number of nitrogens with two attached hydrogens (primary N) is 1. The molecule has 0 aromatic heterocycles. The summed E-state index contributed by atoms with van der Waals surface area (Å²) in [7, 11) is 0. The average molecular weight is 240 g/mol. The number of hydrogen-bond donors (Lipinski definition) is 1. The van der Waals surface area contributed by atoms with Gasteiger partial charge in [0.05, 0.1) is 5.02 Å². The molecule has 2 aromatic rings. The van der Waals surface area contributed by atoms with Crippen LogP contribution in [0.25, 0.3) is 11.1 Å². The van der Waals surface area contributed by atoms with E-state index in [-0.39, 0.29) is 5.02 Å². The molecule has 2 aromatic carbocycles. The average Bonchev–Trinajstić information content (AvgIpc) is 2.23. The molecule has 2 rings (SSSR count). The van der Waals surface area contributed by atoms with Crippen LogP contribution in [0.1, 0.15) is 0 Å². The van der Waals surface area contributed by atoms with Crippen molar-refractivity contribution in [2.45, 2.75) is 0 Å². The molecule has 0 aliphatic heterocycles. The standard InChI is InChI=1S/C12H8ClF2N/c13-10-6-12(15)11(14)5-9(10)7-2-1-3-8(16)4-7/h1-6H,16H2. The fourth-order valence-electron chi connectivity index (χ4n) is 1.45. The Bertz CT molecular complexity index is 541. The zero-order chi connectivity index (χ0) is 11.7. The van der Waals surface area contributed by atoms with Gasteiger partial charge in [0, 0.05) is 11.3 Å². The van der Waals surface area contributed by atoms with Gasteiger partial charge in [-0.1, -0.05) is 23.7 Å². The molecule has 0 heterocycles. The number of rotatable bonds is 1. The second-order valence-corrected chi connectivity index (χ2v) is 3.78. The third kappa shape index (κ3) is 1.99. The Hall–Kier alpha value is -1.61. The first-order chi connectivity index (χ1) is 7.58. The minimum Gasteiger partial charge on any atom is -0.399 e. The summed E-state index contributed by atoms with van der Waals surface area (Å²) in [6, 6.07) is 8.83. The van der Waals surface area contributed by atoms with E-state index in [4.69, 9.17) is 17.3 Å². The normalized spacial score (nSPS) is 10.4. The molecule has 0 aliphatic rings. The van der Waals surface area contributed by atoms with E-state index in [1.165, 1.54) is 0 Å². The van der Waals surface area contributed by atoms with Gasteiger partial charge in [0.25, 0.3) is 0 Å². The Balaban J connectivity index is 2.60. The van der Waals surface area contributed by atoms with Crippen LogP contribution in [-0.2, 0) is 0 Å². The van der Waals surface area contributed by atoms with E-state index in [2.05, 4.69) is 0 Å². The second-order valence-electron chi connectivity index (χ2n) is 3.37. The molecule has 1 nitrogen and oxygen atoms in total. The topological polar surface area (TPSA) is 26.0 Å². The minimum absolute atomic E-state index is 0.157. The van der Waals surface area contributed by atoms with E-state index in [0.29, 0.717) is 16.8 Å². The summed E-state index contributed by atoms with van der Waals surface area (Å²) in [5, 5.41) is 0.157. The molecule has 0 spiro atoms. The zero-order valence-electron chi connectivity index (χ0n) is 8.18. The van der Waals surface area contributed by atoms with Gasteiger partial charge in [0.1, 0.15) is 0 Å². The molecular formula is C12H8ClF2N.